The lowest BCUT2D eigenvalue weighted by Gasteiger charge is -2.22. The quantitative estimate of drug-likeness (QED) is 0.240. The molecule has 1 aromatic heterocycles. The number of hydrogen-bond donors (Lipinski definition) is 2. The van der Waals surface area contributed by atoms with Crippen molar-refractivity contribution in [1.29, 1.82) is 0 Å². The van der Waals surface area contributed by atoms with Crippen LogP contribution in [-0.2, 0) is 15.7 Å². The topological polar surface area (TPSA) is 93.4 Å². The van der Waals surface area contributed by atoms with E-state index in [-0.39, 0.29) is 11.9 Å². The Hall–Kier alpha value is -4.77. The van der Waals surface area contributed by atoms with E-state index in [0.717, 1.165) is 30.5 Å². The van der Waals surface area contributed by atoms with Crippen LogP contribution in [0.5, 0.6) is 0 Å². The van der Waals surface area contributed by atoms with Crippen LogP contribution in [-0.4, -0.2) is 39.7 Å². The van der Waals surface area contributed by atoms with E-state index in [0.29, 0.717) is 58.4 Å². The molecule has 1 amide bonds. The van der Waals surface area contributed by atoms with Crippen LogP contribution >= 0.6 is 0 Å². The van der Waals surface area contributed by atoms with Crippen molar-refractivity contribution in [1.82, 2.24) is 14.5 Å². The molecule has 0 bridgehead atoms. The third-order valence-corrected chi connectivity index (χ3v) is 7.01. The lowest BCUT2D eigenvalue weighted by atomic mass is 10.1. The molecule has 1 saturated heterocycles. The minimum atomic E-state index is -4.43. The van der Waals surface area contributed by atoms with Crippen LogP contribution in [0.15, 0.2) is 84.0 Å². The van der Waals surface area contributed by atoms with Gasteiger partial charge in [0.1, 0.15) is 5.82 Å². The molecule has 1 aliphatic carbocycles. The molecule has 2 aromatic carbocycles. The minimum absolute atomic E-state index is 0.0463. The maximum absolute atomic E-state index is 13.3. The van der Waals surface area contributed by atoms with Crippen molar-refractivity contribution in [3.8, 4) is 17.1 Å². The fraction of sp³-hybridized carbons (Fsp3) is 0.226. The van der Waals surface area contributed by atoms with E-state index in [1.165, 1.54) is 19.1 Å². The van der Waals surface area contributed by atoms with Gasteiger partial charge in [0.2, 0.25) is 5.91 Å². The van der Waals surface area contributed by atoms with Crippen LogP contribution in [0.3, 0.4) is 0 Å². The molecule has 11 heteroatoms. The monoisotopic (exact) mass is 572 g/mol. The summed E-state index contributed by atoms with van der Waals surface area (Å²) in [5.74, 6) is 0.222. The van der Waals surface area contributed by atoms with Gasteiger partial charge in [0.05, 0.1) is 57.0 Å². The summed E-state index contributed by atoms with van der Waals surface area (Å²) in [4.78, 5) is 25.6. The maximum atomic E-state index is 13.3. The molecule has 2 aliphatic heterocycles. The van der Waals surface area contributed by atoms with Gasteiger partial charge in [-0.2, -0.15) is 13.2 Å². The maximum Gasteiger partial charge on any atom is 0.416 e. The second-order valence-electron chi connectivity index (χ2n) is 10.0. The summed E-state index contributed by atoms with van der Waals surface area (Å²) in [6.45, 7) is 2.66. The predicted octanol–water partition coefficient (Wildman–Crippen LogP) is 6.33. The number of nitrogens with one attached hydrogen (secondary N) is 2. The summed E-state index contributed by atoms with van der Waals surface area (Å²) in [5, 5.41) is 6.72. The second kappa shape index (κ2) is 11.2. The number of fused-ring (bicyclic) bond motifs is 2. The van der Waals surface area contributed by atoms with Gasteiger partial charge in [0.15, 0.2) is 0 Å². The van der Waals surface area contributed by atoms with Gasteiger partial charge < -0.3 is 19.9 Å². The average molecular weight is 573 g/mol. The van der Waals surface area contributed by atoms with E-state index < -0.39 is 11.7 Å². The highest BCUT2D eigenvalue weighted by atomic mass is 19.4. The van der Waals surface area contributed by atoms with E-state index in [4.69, 9.17) is 14.7 Å². The number of benzene rings is 3. The number of aromatic nitrogens is 3. The summed E-state index contributed by atoms with van der Waals surface area (Å²) in [5.41, 5.74) is 4.00. The van der Waals surface area contributed by atoms with Crippen LogP contribution in [0.1, 0.15) is 25.3 Å². The first-order chi connectivity index (χ1) is 20.2. The lowest BCUT2D eigenvalue weighted by Crippen LogP contribution is -2.23. The molecule has 0 atom stereocenters. The van der Waals surface area contributed by atoms with Crippen molar-refractivity contribution >= 4 is 34.1 Å². The zero-order valence-corrected chi connectivity index (χ0v) is 22.7. The summed E-state index contributed by atoms with van der Waals surface area (Å²) >= 11 is 0. The first-order valence-electron chi connectivity index (χ1n) is 13.5. The van der Waals surface area contributed by atoms with Crippen molar-refractivity contribution in [3.05, 3.63) is 89.9 Å². The Kier molecular flexibility index (Phi) is 7.34. The zero-order valence-electron chi connectivity index (χ0n) is 22.7. The van der Waals surface area contributed by atoms with Crippen molar-refractivity contribution in [3.63, 3.8) is 0 Å². The molecule has 1 fully saturated rings. The molecule has 3 aliphatic rings. The molecule has 42 heavy (non-hydrogen) atoms. The largest absolute Gasteiger partial charge is 0.416 e. The number of nitrogens with zero attached hydrogens (tertiary/aromatic N) is 4. The number of hydrogen-bond acceptors (Lipinski definition) is 6. The summed E-state index contributed by atoms with van der Waals surface area (Å²) < 4.78 is 47.4. The normalized spacial score (nSPS) is 14.8. The second-order valence-corrected chi connectivity index (χ2v) is 10.0. The van der Waals surface area contributed by atoms with Gasteiger partial charge in [0, 0.05) is 25.8 Å². The average Bonchev–Trinajstić information content (AvgIpc) is 2.97. The fourth-order valence-corrected chi connectivity index (χ4v) is 5.01. The number of alkyl halides is 3. The standard InChI is InChI=1S/C31H27F3N6O2/c1-19(41)36-30-11-8-22(18-35-30)38-25-16-27-29(17-26(25)37-21-12-14-42-15-13-21)40(28-5-3-2-4-24(28)39-27)23-9-6-20(7-10-23)31(32,33)34/h2-11,16-18,21,38H,12-15H2,1H3,(H,35,36,41)/b37-26+. The van der Waals surface area contributed by atoms with Crippen LogP contribution in [0.2, 0.25) is 0 Å². The number of halogens is 3. The van der Waals surface area contributed by atoms with Crippen LogP contribution < -0.4 is 16.0 Å². The van der Waals surface area contributed by atoms with E-state index >= 15 is 0 Å². The lowest BCUT2D eigenvalue weighted by molar-refractivity contribution is -0.137. The van der Waals surface area contributed by atoms with Crippen molar-refractivity contribution in [2.75, 3.05) is 23.8 Å². The molecule has 3 heterocycles. The van der Waals surface area contributed by atoms with Crippen molar-refractivity contribution in [2.45, 2.75) is 32.0 Å². The zero-order chi connectivity index (χ0) is 29.3. The third kappa shape index (κ3) is 5.82. The molecule has 0 spiro atoms. The first kappa shape index (κ1) is 27.4. The van der Waals surface area contributed by atoms with Gasteiger partial charge in [-0.15, -0.1) is 0 Å². The van der Waals surface area contributed by atoms with Crippen molar-refractivity contribution < 1.29 is 22.7 Å². The predicted molar refractivity (Wildman–Crippen MR) is 154 cm³/mol. The van der Waals surface area contributed by atoms with E-state index in [9.17, 15) is 18.0 Å². The number of anilines is 3. The molecule has 0 saturated carbocycles. The highest BCUT2D eigenvalue weighted by molar-refractivity contribution is 5.88. The van der Waals surface area contributed by atoms with Crippen LogP contribution in [0.4, 0.5) is 30.4 Å². The Morgan fingerprint density at radius 1 is 1.02 bits per heavy atom. The first-order valence-corrected chi connectivity index (χ1v) is 13.5. The number of pyridine rings is 1. The van der Waals surface area contributed by atoms with Crippen LogP contribution in [0, 0.1) is 0 Å². The van der Waals surface area contributed by atoms with Crippen LogP contribution in [0.25, 0.3) is 28.1 Å². The van der Waals surface area contributed by atoms with E-state index in [1.807, 2.05) is 41.0 Å². The molecular formula is C31H27F3N6O2. The van der Waals surface area contributed by atoms with Gasteiger partial charge in [0.25, 0.3) is 0 Å². The summed E-state index contributed by atoms with van der Waals surface area (Å²) in [6.07, 6.45) is -1.26. The molecule has 8 nitrogen and oxygen atoms in total. The van der Waals surface area contributed by atoms with Gasteiger partial charge in [-0.25, -0.2) is 9.97 Å². The molecule has 6 rings (SSSR count). The molecule has 0 radical (unpaired) electrons. The fourth-order valence-electron chi connectivity index (χ4n) is 5.01. The van der Waals surface area contributed by atoms with Gasteiger partial charge in [-0.05, 0) is 73.5 Å². The highest BCUT2D eigenvalue weighted by Crippen LogP contribution is 2.33. The molecule has 0 unspecified atom stereocenters. The smallest absolute Gasteiger partial charge is 0.381 e. The Morgan fingerprint density at radius 3 is 2.48 bits per heavy atom. The van der Waals surface area contributed by atoms with Crippen molar-refractivity contribution in [2.24, 2.45) is 4.99 Å². The molecule has 214 valence electrons. The number of amides is 1. The third-order valence-electron chi connectivity index (χ3n) is 7.01. The number of rotatable bonds is 5. The Balaban J connectivity index is 1.53. The number of carbonyl (C=O) groups excluding carboxylic acids is 1. The Labute approximate surface area is 239 Å². The summed E-state index contributed by atoms with van der Waals surface area (Å²) in [7, 11) is 0. The number of para-hydroxylation sites is 2. The molecular weight excluding hydrogens is 545 g/mol. The highest BCUT2D eigenvalue weighted by Gasteiger charge is 2.30. The Bertz CT molecular complexity index is 1780. The van der Waals surface area contributed by atoms with E-state index in [1.54, 1.807) is 18.3 Å². The van der Waals surface area contributed by atoms with Gasteiger partial charge in [-0.3, -0.25) is 9.79 Å². The Morgan fingerprint density at radius 2 is 1.79 bits per heavy atom. The minimum Gasteiger partial charge on any atom is -0.381 e. The molecule has 2 N–H and O–H groups in total. The van der Waals surface area contributed by atoms with E-state index in [2.05, 4.69) is 15.6 Å². The number of carbonyl (C=O) groups is 1. The number of ether oxygens (including phenoxy) is 1. The molecule has 3 aromatic rings. The van der Waals surface area contributed by atoms with Gasteiger partial charge in [-0.1, -0.05) is 12.1 Å². The SMILES string of the molecule is CC(=O)Nc1ccc(Nc2cc3nc4ccccc4n(-c4ccc(C(F)(F)F)cc4)c-3c/c2=N\C2CCOCC2)cn1. The van der Waals surface area contributed by atoms with Gasteiger partial charge >= 0.3 is 6.18 Å². The summed E-state index contributed by atoms with van der Waals surface area (Å²) in [6, 6.07) is 20.0.